The zero-order valence-corrected chi connectivity index (χ0v) is 54.7. The lowest BCUT2D eigenvalue weighted by Gasteiger charge is -2.28. The van der Waals surface area contributed by atoms with Crippen LogP contribution in [0, 0.1) is 0 Å². The average molecular weight is 1270 g/mol. The van der Waals surface area contributed by atoms with Gasteiger partial charge in [0.25, 0.3) is 0 Å². The Hall–Kier alpha value is -13.3. The third kappa shape index (κ3) is 10.1. The molecule has 0 aliphatic heterocycles. The van der Waals surface area contributed by atoms with Crippen molar-refractivity contribution in [3.63, 3.8) is 0 Å². The van der Waals surface area contributed by atoms with Gasteiger partial charge in [-0.2, -0.15) is 0 Å². The van der Waals surface area contributed by atoms with Crippen molar-refractivity contribution in [2.24, 2.45) is 0 Å². The second-order valence-corrected chi connectivity index (χ2v) is 26.0. The van der Waals surface area contributed by atoms with Gasteiger partial charge in [0.1, 0.15) is 0 Å². The van der Waals surface area contributed by atoms with Crippen molar-refractivity contribution < 1.29 is 0 Å². The van der Waals surface area contributed by atoms with Crippen molar-refractivity contribution in [3.05, 3.63) is 388 Å². The van der Waals surface area contributed by atoms with Crippen LogP contribution in [0.3, 0.4) is 0 Å². The third-order valence-electron chi connectivity index (χ3n) is 20.2. The zero-order valence-electron chi connectivity index (χ0n) is 54.7. The maximum absolute atomic E-state index is 2.45. The highest BCUT2D eigenvalue weighted by atomic mass is 15.2. The lowest BCUT2D eigenvalue weighted by molar-refractivity contribution is 1.18. The first-order valence-corrected chi connectivity index (χ1v) is 34.4. The molecule has 0 atom stereocenters. The summed E-state index contributed by atoms with van der Waals surface area (Å²) in [6.07, 6.45) is 0. The van der Waals surface area contributed by atoms with E-state index >= 15 is 0 Å². The van der Waals surface area contributed by atoms with E-state index in [0.717, 1.165) is 84.2 Å². The average Bonchev–Trinajstić information content (AvgIpc) is 1.50. The second kappa shape index (κ2) is 24.4. The van der Waals surface area contributed by atoms with Gasteiger partial charge in [-0.15, -0.1) is 0 Å². The molecule has 0 amide bonds. The van der Waals surface area contributed by atoms with Crippen LogP contribution in [0.2, 0.25) is 0 Å². The highest BCUT2D eigenvalue weighted by Gasteiger charge is 2.24. The van der Waals surface area contributed by atoms with Crippen LogP contribution in [-0.2, 0) is 0 Å². The summed E-state index contributed by atoms with van der Waals surface area (Å²) in [6, 6.07) is 142. The number of para-hydroxylation sites is 3. The first-order chi connectivity index (χ1) is 49.6. The SMILES string of the molecule is c1ccc(N(c2ccc(-c3ccc(-n4c5ccc(-c6ccc(N(c7ccccc7)c7c8ccccc8cc8ccccc78)cc6)cc5c5cc(-c6ccc(N(c7ccccc7)c7c8ccccc8cc8ccccc78)cc6)ccc54)cc3)cc2)c2c3ccccc3cc3ccccc23)cc1. The fraction of sp³-hybridized carbons (Fsp3) is 0. The molecule has 0 unspecified atom stereocenters. The number of nitrogens with zero attached hydrogens (tertiary/aromatic N) is 4. The van der Waals surface area contributed by atoms with Crippen LogP contribution in [0.5, 0.6) is 0 Å². The van der Waals surface area contributed by atoms with Crippen LogP contribution in [0.25, 0.3) is 126 Å². The van der Waals surface area contributed by atoms with Gasteiger partial charge in [-0.25, -0.2) is 0 Å². The summed E-state index contributed by atoms with van der Waals surface area (Å²) in [5.74, 6) is 0. The number of fused-ring (bicyclic) bond motifs is 9. The molecule has 1 aromatic heterocycles. The molecule has 0 fully saturated rings. The maximum atomic E-state index is 2.45. The molecule has 0 saturated carbocycles. The van der Waals surface area contributed by atoms with E-state index in [9.17, 15) is 0 Å². The summed E-state index contributed by atoms with van der Waals surface area (Å²) in [5.41, 5.74) is 20.3. The Bertz CT molecular complexity index is 5880. The number of hydrogen-bond acceptors (Lipinski definition) is 3. The molecule has 100 heavy (non-hydrogen) atoms. The van der Waals surface area contributed by atoms with Crippen molar-refractivity contribution in [1.82, 2.24) is 4.57 Å². The molecule has 0 aliphatic carbocycles. The summed E-state index contributed by atoms with van der Waals surface area (Å²) < 4.78 is 2.45. The quantitative estimate of drug-likeness (QED) is 0.107. The monoisotopic (exact) mass is 1270 g/mol. The minimum Gasteiger partial charge on any atom is -0.309 e. The highest BCUT2D eigenvalue weighted by molar-refractivity contribution is 6.18. The summed E-state index contributed by atoms with van der Waals surface area (Å²) in [5, 5.41) is 16.9. The van der Waals surface area contributed by atoms with Gasteiger partial charge in [0, 0.05) is 82.9 Å². The Labute approximate surface area is 580 Å². The Kier molecular flexibility index (Phi) is 14.2. The van der Waals surface area contributed by atoms with Gasteiger partial charge in [-0.05, 0) is 193 Å². The summed E-state index contributed by atoms with van der Waals surface area (Å²) >= 11 is 0. The molecular formula is C96H64N4. The fourth-order valence-electron chi connectivity index (χ4n) is 15.5. The lowest BCUT2D eigenvalue weighted by atomic mass is 9.98. The van der Waals surface area contributed by atoms with Crippen LogP contribution in [-0.4, -0.2) is 4.57 Å². The number of aromatic nitrogens is 1. The van der Waals surface area contributed by atoms with Crippen LogP contribution in [0.15, 0.2) is 388 Å². The molecule has 1 heterocycles. The van der Waals surface area contributed by atoms with Gasteiger partial charge in [-0.3, -0.25) is 0 Å². The minimum absolute atomic E-state index is 1.09. The molecule has 4 heteroatoms. The van der Waals surface area contributed by atoms with Crippen molar-refractivity contribution in [2.45, 2.75) is 0 Å². The van der Waals surface area contributed by atoms with Crippen molar-refractivity contribution >= 4 is 138 Å². The first kappa shape index (κ1) is 58.1. The molecule has 0 N–H and O–H groups in total. The normalized spacial score (nSPS) is 11.6. The largest absolute Gasteiger partial charge is 0.309 e. The molecule has 19 rings (SSSR count). The molecule has 0 radical (unpaired) electrons. The maximum Gasteiger partial charge on any atom is 0.0618 e. The molecule has 4 nitrogen and oxygen atoms in total. The van der Waals surface area contributed by atoms with Gasteiger partial charge in [0.2, 0.25) is 0 Å². The standard InChI is InChI=1S/C96H64N4/c1-4-28-77(29-5-1)97(94-84-34-16-10-22-71(84)60-72-23-11-17-35-85(72)94)80-50-40-65(41-51-80)66-42-56-83(57-43-66)100-92-58-48-69(67-44-52-81(53-45-67)98(78-30-6-2-7-31-78)95-86-36-18-12-24-73(86)61-74-25-13-19-37-87(74)95)63-90(92)91-64-70(49-59-93(91)100)68-46-54-82(55-47-68)99(79-32-8-3-9-33-79)96-88-38-20-14-26-75(88)62-76-27-15-21-39-89(76)96/h1-64H. The summed E-state index contributed by atoms with van der Waals surface area (Å²) in [6.45, 7) is 0. The number of rotatable bonds is 13. The van der Waals surface area contributed by atoms with Crippen molar-refractivity contribution in [2.75, 3.05) is 14.7 Å². The second-order valence-electron chi connectivity index (χ2n) is 26.0. The van der Waals surface area contributed by atoms with Crippen LogP contribution < -0.4 is 14.7 Å². The van der Waals surface area contributed by atoms with Gasteiger partial charge >= 0.3 is 0 Å². The van der Waals surface area contributed by atoms with E-state index in [1.807, 2.05) is 0 Å². The number of anilines is 9. The van der Waals surface area contributed by atoms with Crippen molar-refractivity contribution in [1.29, 1.82) is 0 Å². The van der Waals surface area contributed by atoms with Crippen LogP contribution in [0.1, 0.15) is 0 Å². The molecule has 468 valence electrons. The minimum atomic E-state index is 1.09. The smallest absolute Gasteiger partial charge is 0.0618 e. The Morgan fingerprint density at radius 1 is 0.160 bits per heavy atom. The van der Waals surface area contributed by atoms with Gasteiger partial charge in [-0.1, -0.05) is 261 Å². The molecule has 0 aliphatic rings. The molecule has 0 saturated heterocycles. The van der Waals surface area contributed by atoms with Gasteiger partial charge in [0.05, 0.1) is 28.1 Å². The Balaban J connectivity index is 0.719. The van der Waals surface area contributed by atoms with Crippen molar-refractivity contribution in [3.8, 4) is 39.1 Å². The van der Waals surface area contributed by atoms with E-state index < -0.39 is 0 Å². The Morgan fingerprint density at radius 3 is 0.660 bits per heavy atom. The third-order valence-corrected chi connectivity index (χ3v) is 20.2. The number of hydrogen-bond donors (Lipinski definition) is 0. The summed E-state index contributed by atoms with van der Waals surface area (Å²) in [7, 11) is 0. The predicted octanol–water partition coefficient (Wildman–Crippen LogP) is 27.1. The van der Waals surface area contributed by atoms with Crippen LogP contribution in [0.4, 0.5) is 51.2 Å². The van der Waals surface area contributed by atoms with Gasteiger partial charge in [0.15, 0.2) is 0 Å². The molecule has 19 aromatic rings. The molecule has 0 spiro atoms. The number of benzene rings is 18. The fourth-order valence-corrected chi connectivity index (χ4v) is 15.5. The van der Waals surface area contributed by atoms with E-state index in [4.69, 9.17) is 0 Å². The predicted molar refractivity (Wildman–Crippen MR) is 426 cm³/mol. The summed E-state index contributed by atoms with van der Waals surface area (Å²) in [4.78, 5) is 7.28. The molecule has 0 bridgehead atoms. The van der Waals surface area contributed by atoms with Crippen LogP contribution >= 0.6 is 0 Å². The van der Waals surface area contributed by atoms with E-state index in [-0.39, 0.29) is 0 Å². The topological polar surface area (TPSA) is 14.7 Å². The van der Waals surface area contributed by atoms with Gasteiger partial charge < -0.3 is 19.3 Å². The lowest BCUT2D eigenvalue weighted by Crippen LogP contribution is -2.11. The van der Waals surface area contributed by atoms with E-state index in [1.165, 1.54) is 92.5 Å². The van der Waals surface area contributed by atoms with E-state index in [2.05, 4.69) is 408 Å². The van der Waals surface area contributed by atoms with E-state index in [1.54, 1.807) is 0 Å². The zero-order chi connectivity index (χ0) is 66.0. The first-order valence-electron chi connectivity index (χ1n) is 34.4. The molecule has 18 aromatic carbocycles. The highest BCUT2D eigenvalue weighted by Crippen LogP contribution is 2.49. The van der Waals surface area contributed by atoms with E-state index in [0.29, 0.717) is 0 Å². The Morgan fingerprint density at radius 2 is 0.380 bits per heavy atom. The molecular weight excluding hydrogens is 1210 g/mol.